The highest BCUT2D eigenvalue weighted by atomic mass is 16.3. The van der Waals surface area contributed by atoms with Gasteiger partial charge in [0.15, 0.2) is 5.78 Å². The highest BCUT2D eigenvalue weighted by Gasteiger charge is 2.61. The Morgan fingerprint density at radius 3 is 2.74 bits per heavy atom. The molecular formula is C20H30O3. The van der Waals surface area contributed by atoms with Crippen molar-refractivity contribution in [2.24, 2.45) is 34.5 Å². The van der Waals surface area contributed by atoms with Crippen molar-refractivity contribution >= 4 is 5.78 Å². The Hall–Kier alpha value is -0.670. The highest BCUT2D eigenvalue weighted by Crippen LogP contribution is 2.66. The monoisotopic (exact) mass is 318 g/mol. The van der Waals surface area contributed by atoms with Gasteiger partial charge in [-0.1, -0.05) is 19.4 Å². The third-order valence-corrected chi connectivity index (χ3v) is 8.27. The molecule has 0 aromatic heterocycles. The average molecular weight is 318 g/mol. The van der Waals surface area contributed by atoms with E-state index in [1.54, 1.807) is 0 Å². The number of hydrogen-bond donors (Lipinski definition) is 2. The molecule has 0 spiro atoms. The van der Waals surface area contributed by atoms with E-state index >= 15 is 0 Å². The Morgan fingerprint density at radius 1 is 1.22 bits per heavy atom. The van der Waals surface area contributed by atoms with Crippen LogP contribution in [-0.2, 0) is 4.79 Å². The molecule has 7 atom stereocenters. The predicted octanol–water partition coefficient (Wildman–Crippen LogP) is 3.10. The van der Waals surface area contributed by atoms with Crippen molar-refractivity contribution < 1.29 is 15.0 Å². The summed E-state index contributed by atoms with van der Waals surface area (Å²) in [5.41, 5.74) is 1.14. The van der Waals surface area contributed by atoms with Crippen molar-refractivity contribution in [1.29, 1.82) is 0 Å². The van der Waals surface area contributed by atoms with Crippen molar-refractivity contribution in [3.8, 4) is 0 Å². The summed E-state index contributed by atoms with van der Waals surface area (Å²) in [5.74, 6) is 2.44. The van der Waals surface area contributed by atoms with E-state index in [2.05, 4.69) is 13.8 Å². The smallest absolute Gasteiger partial charge is 0.155 e. The van der Waals surface area contributed by atoms with Gasteiger partial charge < -0.3 is 10.2 Å². The van der Waals surface area contributed by atoms with Crippen LogP contribution in [0.1, 0.15) is 58.8 Å². The molecule has 2 N–H and O–H groups in total. The first-order valence-electron chi connectivity index (χ1n) is 9.45. The van der Waals surface area contributed by atoms with Crippen LogP contribution in [-0.4, -0.2) is 28.7 Å². The molecule has 4 aliphatic carbocycles. The van der Waals surface area contributed by atoms with Crippen molar-refractivity contribution in [3.63, 3.8) is 0 Å². The maximum atomic E-state index is 11.9. The van der Waals surface area contributed by atoms with Crippen LogP contribution >= 0.6 is 0 Å². The molecule has 0 aliphatic heterocycles. The fraction of sp³-hybridized carbons (Fsp3) is 0.850. The Balaban J connectivity index is 1.76. The van der Waals surface area contributed by atoms with Gasteiger partial charge in [0.25, 0.3) is 0 Å². The highest BCUT2D eigenvalue weighted by molar-refractivity contribution is 5.91. The van der Waals surface area contributed by atoms with Gasteiger partial charge in [-0.2, -0.15) is 0 Å². The maximum absolute atomic E-state index is 11.9. The lowest BCUT2D eigenvalue weighted by Crippen LogP contribution is -2.55. The van der Waals surface area contributed by atoms with Gasteiger partial charge in [-0.25, -0.2) is 0 Å². The first-order valence-corrected chi connectivity index (χ1v) is 9.45. The van der Waals surface area contributed by atoms with Crippen LogP contribution in [0.15, 0.2) is 11.6 Å². The molecule has 4 aliphatic rings. The second-order valence-electron chi connectivity index (χ2n) is 9.06. The minimum absolute atomic E-state index is 0.0672. The fourth-order valence-electron chi connectivity index (χ4n) is 6.99. The summed E-state index contributed by atoms with van der Waals surface area (Å²) >= 11 is 0. The molecule has 23 heavy (non-hydrogen) atoms. The molecule has 128 valence electrons. The molecule has 0 bridgehead atoms. The predicted molar refractivity (Wildman–Crippen MR) is 88.7 cm³/mol. The summed E-state index contributed by atoms with van der Waals surface area (Å²) in [6.07, 6.45) is 8.30. The number of ketones is 1. The largest absolute Gasteiger partial charge is 0.395 e. The Morgan fingerprint density at radius 2 is 2.00 bits per heavy atom. The molecule has 0 amide bonds. The summed E-state index contributed by atoms with van der Waals surface area (Å²) in [6.45, 7) is 4.81. The van der Waals surface area contributed by atoms with Crippen molar-refractivity contribution in [2.75, 3.05) is 6.61 Å². The average Bonchev–Trinajstić information content (AvgIpc) is 2.83. The van der Waals surface area contributed by atoms with Crippen molar-refractivity contribution in [3.05, 3.63) is 11.6 Å². The van der Waals surface area contributed by atoms with Crippen molar-refractivity contribution in [1.82, 2.24) is 0 Å². The number of carbonyl (C=O) groups excluding carboxylic acids is 1. The van der Waals surface area contributed by atoms with Gasteiger partial charge in [-0.05, 0) is 73.7 Å². The van der Waals surface area contributed by atoms with Crippen LogP contribution in [0.3, 0.4) is 0 Å². The third-order valence-electron chi connectivity index (χ3n) is 8.27. The first-order chi connectivity index (χ1) is 10.9. The van der Waals surface area contributed by atoms with Crippen LogP contribution in [0.25, 0.3) is 0 Å². The van der Waals surface area contributed by atoms with Gasteiger partial charge in [0.2, 0.25) is 0 Å². The van der Waals surface area contributed by atoms with E-state index in [1.807, 2.05) is 6.08 Å². The second-order valence-corrected chi connectivity index (χ2v) is 9.06. The van der Waals surface area contributed by atoms with Crippen LogP contribution in [0.5, 0.6) is 0 Å². The number of rotatable bonds is 1. The Bertz CT molecular complexity index is 553. The van der Waals surface area contributed by atoms with Gasteiger partial charge in [-0.3, -0.25) is 4.79 Å². The number of carbonyl (C=O) groups is 1. The summed E-state index contributed by atoms with van der Waals surface area (Å²) < 4.78 is 0. The van der Waals surface area contributed by atoms with E-state index in [0.717, 1.165) is 38.5 Å². The molecule has 0 heterocycles. The van der Waals surface area contributed by atoms with Gasteiger partial charge in [0.1, 0.15) is 0 Å². The van der Waals surface area contributed by atoms with Crippen LogP contribution in [0.2, 0.25) is 0 Å². The second kappa shape index (κ2) is 5.16. The lowest BCUT2D eigenvalue weighted by atomic mass is 9.45. The van der Waals surface area contributed by atoms with E-state index in [4.69, 9.17) is 0 Å². The molecule has 5 unspecified atom stereocenters. The van der Waals surface area contributed by atoms with Gasteiger partial charge in [-0.15, -0.1) is 0 Å². The molecule has 3 nitrogen and oxygen atoms in total. The normalized spacial score (nSPS) is 52.4. The topological polar surface area (TPSA) is 57.5 Å². The summed E-state index contributed by atoms with van der Waals surface area (Å²) in [5, 5.41) is 20.9. The molecule has 0 saturated heterocycles. The van der Waals surface area contributed by atoms with Gasteiger partial charge >= 0.3 is 0 Å². The minimum atomic E-state index is -0.157. The third kappa shape index (κ3) is 1.99. The van der Waals surface area contributed by atoms with Crippen LogP contribution in [0.4, 0.5) is 0 Å². The Kier molecular flexibility index (Phi) is 3.55. The van der Waals surface area contributed by atoms with Crippen LogP contribution in [0, 0.1) is 34.5 Å². The molecule has 4 rings (SSSR count). The molecule has 0 radical (unpaired) electrons. The van der Waals surface area contributed by atoms with E-state index in [9.17, 15) is 15.0 Å². The molecule has 0 aromatic carbocycles. The standard InChI is InChI=1S/C20H30O3/c1-12-9-13-10-14(22)5-8-20(13,11-21)16-6-7-19(2)15(18(12)16)3-4-17(19)23/h10,12,15-18,21,23H,3-9,11H2,1-2H3/t12?,15?,16?,17-,18?,19?,20+/m0/s1. The Labute approximate surface area is 139 Å². The van der Waals surface area contributed by atoms with Gasteiger partial charge in [0.05, 0.1) is 12.7 Å². The SMILES string of the molecule is CC1CC2=CC(=O)CC[C@]2(CO)C2CCC3(C)C(CC[C@@H]3O)C12. The molecule has 0 aromatic rings. The van der Waals surface area contributed by atoms with E-state index in [-0.39, 0.29) is 29.3 Å². The molecule has 3 heteroatoms. The molecule has 3 saturated carbocycles. The molecule has 3 fully saturated rings. The lowest BCUT2D eigenvalue weighted by molar-refractivity contribution is -0.123. The zero-order chi connectivity index (χ0) is 16.4. The molecular weight excluding hydrogens is 288 g/mol. The van der Waals surface area contributed by atoms with Gasteiger partial charge in [0, 0.05) is 11.8 Å². The van der Waals surface area contributed by atoms with E-state index in [0.29, 0.717) is 30.1 Å². The maximum Gasteiger partial charge on any atom is 0.155 e. The van der Waals surface area contributed by atoms with E-state index < -0.39 is 0 Å². The van der Waals surface area contributed by atoms with E-state index in [1.165, 1.54) is 5.57 Å². The van der Waals surface area contributed by atoms with Crippen molar-refractivity contribution in [2.45, 2.75) is 64.9 Å². The zero-order valence-corrected chi connectivity index (χ0v) is 14.4. The summed E-state index contributed by atoms with van der Waals surface area (Å²) in [6, 6.07) is 0. The first kappa shape index (κ1) is 15.8. The number of fused-ring (bicyclic) bond motifs is 5. The number of aliphatic hydroxyl groups is 2. The summed E-state index contributed by atoms with van der Waals surface area (Å²) in [4.78, 5) is 11.9. The number of hydrogen-bond acceptors (Lipinski definition) is 3. The quantitative estimate of drug-likeness (QED) is 0.781. The van der Waals surface area contributed by atoms with Crippen LogP contribution < -0.4 is 0 Å². The lowest BCUT2D eigenvalue weighted by Gasteiger charge is -2.60. The number of aliphatic hydroxyl groups excluding tert-OH is 2. The zero-order valence-electron chi connectivity index (χ0n) is 14.4. The minimum Gasteiger partial charge on any atom is -0.395 e. The summed E-state index contributed by atoms with van der Waals surface area (Å²) in [7, 11) is 0. The fourth-order valence-corrected chi connectivity index (χ4v) is 6.99.